The maximum absolute atomic E-state index is 11.3. The van der Waals surface area contributed by atoms with Crippen molar-refractivity contribution in [1.29, 1.82) is 0 Å². The topological polar surface area (TPSA) is 59.1 Å². The summed E-state index contributed by atoms with van der Waals surface area (Å²) in [6.07, 6.45) is 5.36. The summed E-state index contributed by atoms with van der Waals surface area (Å²) in [4.78, 5) is 4.21. The molecule has 98 valence electrons. The zero-order valence-corrected chi connectivity index (χ0v) is 11.1. The molecule has 0 bridgehead atoms. The van der Waals surface area contributed by atoms with Gasteiger partial charge in [0.25, 0.3) is 0 Å². The predicted molar refractivity (Wildman–Crippen MR) is 75.3 cm³/mol. The molecule has 0 spiro atoms. The molecule has 4 nitrogen and oxygen atoms in total. The minimum absolute atomic E-state index is 0.107. The number of pyridine rings is 1. The van der Waals surface area contributed by atoms with Crippen LogP contribution in [0.15, 0.2) is 48.1 Å². The van der Waals surface area contributed by atoms with Crippen LogP contribution in [-0.4, -0.2) is 25.2 Å². The summed E-state index contributed by atoms with van der Waals surface area (Å²) in [6.45, 7) is 0.610. The van der Waals surface area contributed by atoms with Gasteiger partial charge >= 0.3 is 0 Å². The second-order valence-corrected chi connectivity index (χ2v) is 6.60. The van der Waals surface area contributed by atoms with E-state index in [4.69, 9.17) is 0 Å². The summed E-state index contributed by atoms with van der Waals surface area (Å²) in [5, 5.41) is 6.77. The van der Waals surface area contributed by atoms with Gasteiger partial charge in [-0.1, -0.05) is 30.3 Å². The number of benzene rings is 1. The smallest absolute Gasteiger partial charge is 0.173 e. The molecular formula is C14H14N2O2S. The number of aromatic nitrogens is 1. The Bertz CT molecular complexity index is 733. The van der Waals surface area contributed by atoms with Crippen molar-refractivity contribution in [3.05, 3.63) is 53.7 Å². The van der Waals surface area contributed by atoms with Crippen molar-refractivity contribution in [3.63, 3.8) is 0 Å². The molecule has 0 aliphatic carbocycles. The quantitative estimate of drug-likeness (QED) is 0.924. The molecule has 2 aromatic rings. The Morgan fingerprint density at radius 3 is 2.89 bits per heavy atom. The lowest BCUT2D eigenvalue weighted by molar-refractivity contribution is 0.590. The lowest BCUT2D eigenvalue weighted by Crippen LogP contribution is -2.29. The fraction of sp³-hybridized carbons (Fsp3) is 0.214. The van der Waals surface area contributed by atoms with Gasteiger partial charge in [-0.25, -0.2) is 8.42 Å². The van der Waals surface area contributed by atoms with E-state index in [0.717, 1.165) is 16.3 Å². The van der Waals surface area contributed by atoms with Gasteiger partial charge in [0.15, 0.2) is 9.84 Å². The maximum atomic E-state index is 11.3. The Morgan fingerprint density at radius 1 is 1.26 bits per heavy atom. The van der Waals surface area contributed by atoms with Crippen molar-refractivity contribution in [2.75, 3.05) is 5.75 Å². The highest BCUT2D eigenvalue weighted by Gasteiger charge is 2.20. The molecule has 1 N–H and O–H groups in total. The van der Waals surface area contributed by atoms with E-state index in [9.17, 15) is 8.42 Å². The van der Waals surface area contributed by atoms with Crippen molar-refractivity contribution in [2.45, 2.75) is 12.6 Å². The lowest BCUT2D eigenvalue weighted by atomic mass is 10.1. The number of nitrogens with zero attached hydrogens (tertiary/aromatic N) is 1. The third-order valence-corrected chi connectivity index (χ3v) is 4.63. The van der Waals surface area contributed by atoms with Crippen LogP contribution in [0.4, 0.5) is 0 Å². The molecule has 1 aliphatic heterocycles. The first-order valence-electron chi connectivity index (χ1n) is 6.10. The van der Waals surface area contributed by atoms with Crippen LogP contribution >= 0.6 is 0 Å². The molecule has 0 saturated heterocycles. The second-order valence-electron chi connectivity index (χ2n) is 4.67. The zero-order chi connectivity index (χ0) is 13.3. The van der Waals surface area contributed by atoms with Gasteiger partial charge in [-0.2, -0.15) is 0 Å². The lowest BCUT2D eigenvalue weighted by Gasteiger charge is -2.11. The Kier molecular flexibility index (Phi) is 3.08. The van der Waals surface area contributed by atoms with E-state index in [0.29, 0.717) is 6.54 Å². The molecule has 0 amide bonds. The molecule has 1 unspecified atom stereocenters. The number of sulfone groups is 1. The van der Waals surface area contributed by atoms with Crippen LogP contribution in [0.25, 0.3) is 10.8 Å². The third-order valence-electron chi connectivity index (χ3n) is 3.24. The summed E-state index contributed by atoms with van der Waals surface area (Å²) in [7, 11) is -3.00. The van der Waals surface area contributed by atoms with Crippen molar-refractivity contribution in [2.24, 2.45) is 0 Å². The van der Waals surface area contributed by atoms with Crippen LogP contribution in [0.2, 0.25) is 0 Å². The second kappa shape index (κ2) is 4.75. The van der Waals surface area contributed by atoms with Crippen LogP contribution in [0.1, 0.15) is 5.56 Å². The largest absolute Gasteiger partial charge is 0.305 e. The van der Waals surface area contributed by atoms with Gasteiger partial charge in [0, 0.05) is 35.8 Å². The fourth-order valence-electron chi connectivity index (χ4n) is 2.26. The highest BCUT2D eigenvalue weighted by Crippen LogP contribution is 2.17. The van der Waals surface area contributed by atoms with Crippen molar-refractivity contribution < 1.29 is 8.42 Å². The Balaban J connectivity index is 1.78. The normalized spacial score (nSPS) is 20.9. The summed E-state index contributed by atoms with van der Waals surface area (Å²) in [5.41, 5.74) is 1.08. The standard InChI is InChI=1S/C14H14N2O2S/c17-19(18)6-5-13(10-19)16-9-12-8-15-7-11-3-1-2-4-14(11)12/h1-8,13,16H,9-10H2. The van der Waals surface area contributed by atoms with E-state index in [1.165, 1.54) is 5.41 Å². The fourth-order valence-corrected chi connectivity index (χ4v) is 3.53. The Labute approximate surface area is 112 Å². The zero-order valence-electron chi connectivity index (χ0n) is 10.3. The van der Waals surface area contributed by atoms with E-state index >= 15 is 0 Å². The SMILES string of the molecule is O=S1(=O)C=CC(NCc2cncc3ccccc23)C1. The summed E-state index contributed by atoms with van der Waals surface area (Å²) in [6, 6.07) is 7.93. The van der Waals surface area contributed by atoms with Crippen LogP contribution in [0, 0.1) is 0 Å². The average molecular weight is 274 g/mol. The molecule has 1 aromatic heterocycles. The van der Waals surface area contributed by atoms with E-state index in [1.807, 2.05) is 30.6 Å². The average Bonchev–Trinajstić information content (AvgIpc) is 2.76. The maximum Gasteiger partial charge on any atom is 0.173 e. The number of hydrogen-bond donors (Lipinski definition) is 1. The van der Waals surface area contributed by atoms with E-state index in [2.05, 4.69) is 16.4 Å². The summed E-state index contributed by atoms with van der Waals surface area (Å²) >= 11 is 0. The molecule has 0 saturated carbocycles. The van der Waals surface area contributed by atoms with Crippen molar-refractivity contribution >= 4 is 20.6 Å². The molecular weight excluding hydrogens is 260 g/mol. The van der Waals surface area contributed by atoms with E-state index in [-0.39, 0.29) is 11.8 Å². The molecule has 2 heterocycles. The Morgan fingerprint density at radius 2 is 2.11 bits per heavy atom. The first-order valence-corrected chi connectivity index (χ1v) is 7.81. The highest BCUT2D eigenvalue weighted by atomic mass is 32.2. The number of rotatable bonds is 3. The van der Waals surface area contributed by atoms with Crippen LogP contribution < -0.4 is 5.32 Å². The van der Waals surface area contributed by atoms with Crippen molar-refractivity contribution in [3.8, 4) is 0 Å². The minimum Gasteiger partial charge on any atom is -0.305 e. The summed E-state index contributed by atoms with van der Waals surface area (Å²) in [5.74, 6) is 0.144. The molecule has 0 fully saturated rings. The van der Waals surface area contributed by atoms with Gasteiger partial charge in [-0.3, -0.25) is 4.98 Å². The van der Waals surface area contributed by atoms with Crippen molar-refractivity contribution in [1.82, 2.24) is 10.3 Å². The molecule has 1 aliphatic rings. The van der Waals surface area contributed by atoms with Gasteiger partial charge < -0.3 is 5.32 Å². The molecule has 1 atom stereocenters. The molecule has 19 heavy (non-hydrogen) atoms. The van der Waals surface area contributed by atoms with Gasteiger partial charge in [-0.05, 0) is 10.9 Å². The highest BCUT2D eigenvalue weighted by molar-refractivity contribution is 7.94. The third kappa shape index (κ3) is 2.67. The number of nitrogens with one attached hydrogen (secondary N) is 1. The van der Waals surface area contributed by atoms with Gasteiger partial charge in [0.1, 0.15) is 0 Å². The van der Waals surface area contributed by atoms with E-state index < -0.39 is 9.84 Å². The molecule has 0 radical (unpaired) electrons. The molecule has 3 rings (SSSR count). The van der Waals surface area contributed by atoms with Crippen LogP contribution in [0.5, 0.6) is 0 Å². The van der Waals surface area contributed by atoms with Gasteiger partial charge in [0.2, 0.25) is 0 Å². The van der Waals surface area contributed by atoms with Gasteiger partial charge in [0.05, 0.1) is 5.75 Å². The first-order chi connectivity index (χ1) is 9.14. The number of hydrogen-bond acceptors (Lipinski definition) is 4. The number of fused-ring (bicyclic) bond motifs is 1. The Hall–Kier alpha value is -1.72. The molecule has 5 heteroatoms. The van der Waals surface area contributed by atoms with E-state index in [1.54, 1.807) is 6.08 Å². The first kappa shape index (κ1) is 12.3. The van der Waals surface area contributed by atoms with Gasteiger partial charge in [-0.15, -0.1) is 0 Å². The summed E-state index contributed by atoms with van der Waals surface area (Å²) < 4.78 is 22.7. The minimum atomic E-state index is -3.00. The monoisotopic (exact) mass is 274 g/mol. The van der Waals surface area contributed by atoms with Crippen LogP contribution in [0.3, 0.4) is 0 Å². The van der Waals surface area contributed by atoms with Crippen LogP contribution in [-0.2, 0) is 16.4 Å². The molecule has 1 aromatic carbocycles. The predicted octanol–water partition coefficient (Wildman–Crippen LogP) is 1.64.